The van der Waals surface area contributed by atoms with Crippen molar-refractivity contribution < 1.29 is 4.52 Å². The first-order chi connectivity index (χ1) is 10.4. The molecule has 1 aromatic heterocycles. The van der Waals surface area contributed by atoms with Gasteiger partial charge in [-0.2, -0.15) is 4.98 Å². The summed E-state index contributed by atoms with van der Waals surface area (Å²) in [5.74, 6) is 2.06. The molecule has 5 nitrogen and oxygen atoms in total. The number of hydrogen-bond acceptors (Lipinski definition) is 5. The van der Waals surface area contributed by atoms with E-state index in [2.05, 4.69) is 22.3 Å². The molecule has 1 aliphatic heterocycles. The van der Waals surface area contributed by atoms with Gasteiger partial charge in [-0.05, 0) is 37.4 Å². The van der Waals surface area contributed by atoms with E-state index in [9.17, 15) is 0 Å². The fraction of sp³-hybridized carbons (Fsp3) is 0.875. The zero-order valence-corrected chi connectivity index (χ0v) is 13.2. The highest BCUT2D eigenvalue weighted by molar-refractivity contribution is 5.28. The van der Waals surface area contributed by atoms with E-state index >= 15 is 0 Å². The Labute approximate surface area is 127 Å². The van der Waals surface area contributed by atoms with Crippen LogP contribution in [0.3, 0.4) is 0 Å². The van der Waals surface area contributed by atoms with E-state index in [4.69, 9.17) is 9.51 Å². The second-order valence-electron chi connectivity index (χ2n) is 6.39. The van der Waals surface area contributed by atoms with E-state index in [0.29, 0.717) is 12.0 Å². The molecule has 0 radical (unpaired) electrons. The minimum atomic E-state index is 0.395. The third kappa shape index (κ3) is 3.57. The van der Waals surface area contributed by atoms with Gasteiger partial charge in [0.25, 0.3) is 5.95 Å². The van der Waals surface area contributed by atoms with E-state index in [-0.39, 0.29) is 0 Å². The van der Waals surface area contributed by atoms with Crippen LogP contribution in [-0.2, 0) is 0 Å². The number of likely N-dealkylation sites (N-methyl/N-ethyl adjacent to an activating group) is 1. The summed E-state index contributed by atoms with van der Waals surface area (Å²) >= 11 is 0. The molecule has 0 amide bonds. The normalized spacial score (nSPS) is 27.6. The van der Waals surface area contributed by atoms with Crippen LogP contribution in [0.5, 0.6) is 0 Å². The molecule has 0 bridgehead atoms. The van der Waals surface area contributed by atoms with Crippen LogP contribution in [0.25, 0.3) is 0 Å². The van der Waals surface area contributed by atoms with Gasteiger partial charge in [-0.15, -0.1) is 0 Å². The lowest BCUT2D eigenvalue weighted by Crippen LogP contribution is -2.37. The van der Waals surface area contributed by atoms with Crippen molar-refractivity contribution in [3.05, 3.63) is 5.89 Å². The topological polar surface area (TPSA) is 54.2 Å². The molecule has 2 heterocycles. The number of anilines is 1. The Balaban J connectivity index is 1.70. The highest BCUT2D eigenvalue weighted by Crippen LogP contribution is 2.33. The molecule has 3 rings (SSSR count). The van der Waals surface area contributed by atoms with Gasteiger partial charge in [0.2, 0.25) is 5.89 Å². The van der Waals surface area contributed by atoms with Gasteiger partial charge < -0.3 is 14.7 Å². The zero-order valence-electron chi connectivity index (χ0n) is 13.2. The van der Waals surface area contributed by atoms with E-state index < -0.39 is 0 Å². The van der Waals surface area contributed by atoms with Gasteiger partial charge in [-0.25, -0.2) is 0 Å². The maximum Gasteiger partial charge on any atom is 0.266 e. The summed E-state index contributed by atoms with van der Waals surface area (Å²) < 4.78 is 5.63. The first-order valence-electron chi connectivity index (χ1n) is 8.70. The molecular formula is C16H28N4O. The van der Waals surface area contributed by atoms with Gasteiger partial charge in [0.15, 0.2) is 0 Å². The number of rotatable bonds is 4. The number of nitrogens with one attached hydrogen (secondary N) is 1. The lowest BCUT2D eigenvalue weighted by atomic mass is 9.84. The van der Waals surface area contributed by atoms with E-state index in [0.717, 1.165) is 31.5 Å². The standard InChI is InChI=1S/C16H28N4O/c1-2-17-14-10-6-5-9-13(14)15-18-16(19-21-15)20-11-7-3-4-8-12-20/h13-14,17H,2-12H2,1H3. The number of hydrogen-bond donors (Lipinski definition) is 1. The van der Waals surface area contributed by atoms with Gasteiger partial charge in [-0.3, -0.25) is 0 Å². The smallest absolute Gasteiger partial charge is 0.266 e. The molecule has 2 atom stereocenters. The van der Waals surface area contributed by atoms with Crippen LogP contribution >= 0.6 is 0 Å². The van der Waals surface area contributed by atoms with Crippen LogP contribution in [0.15, 0.2) is 4.52 Å². The van der Waals surface area contributed by atoms with Gasteiger partial charge >= 0.3 is 0 Å². The second-order valence-corrected chi connectivity index (χ2v) is 6.39. The molecular weight excluding hydrogens is 264 g/mol. The molecule has 2 fully saturated rings. The lowest BCUT2D eigenvalue weighted by Gasteiger charge is -2.29. The van der Waals surface area contributed by atoms with Crippen molar-refractivity contribution in [2.75, 3.05) is 24.5 Å². The van der Waals surface area contributed by atoms with Crippen molar-refractivity contribution in [1.29, 1.82) is 0 Å². The van der Waals surface area contributed by atoms with E-state index in [1.165, 1.54) is 51.4 Å². The van der Waals surface area contributed by atoms with Gasteiger partial charge in [0.05, 0.1) is 5.92 Å². The van der Waals surface area contributed by atoms with Crippen molar-refractivity contribution in [2.45, 2.75) is 70.3 Å². The summed E-state index contributed by atoms with van der Waals surface area (Å²) in [6, 6.07) is 0.501. The second kappa shape index (κ2) is 7.25. The fourth-order valence-corrected chi connectivity index (χ4v) is 3.71. The summed E-state index contributed by atoms with van der Waals surface area (Å²) in [7, 11) is 0. The van der Waals surface area contributed by atoms with E-state index in [1.54, 1.807) is 0 Å². The Morgan fingerprint density at radius 2 is 1.86 bits per heavy atom. The molecule has 2 unspecified atom stereocenters. The molecule has 21 heavy (non-hydrogen) atoms. The Bertz CT molecular complexity index is 424. The summed E-state index contributed by atoms with van der Waals surface area (Å²) in [6.07, 6.45) is 10.1. The van der Waals surface area contributed by atoms with Crippen LogP contribution in [0, 0.1) is 0 Å². The molecule has 1 saturated heterocycles. The molecule has 1 aromatic rings. The highest BCUT2D eigenvalue weighted by atomic mass is 16.5. The molecule has 118 valence electrons. The predicted octanol–water partition coefficient (Wildman–Crippen LogP) is 3.09. The third-order valence-corrected chi connectivity index (χ3v) is 4.87. The third-order valence-electron chi connectivity index (χ3n) is 4.87. The summed E-state index contributed by atoms with van der Waals surface area (Å²) in [4.78, 5) is 7.04. The highest BCUT2D eigenvalue weighted by Gasteiger charge is 2.31. The molecule has 0 aromatic carbocycles. The average molecular weight is 292 g/mol. The SMILES string of the molecule is CCNC1CCCCC1c1nc(N2CCCCCC2)no1. The molecule has 5 heteroatoms. The molecule has 1 saturated carbocycles. The van der Waals surface area contributed by atoms with Crippen molar-refractivity contribution in [3.63, 3.8) is 0 Å². The van der Waals surface area contributed by atoms with Crippen molar-refractivity contribution >= 4 is 5.95 Å². The average Bonchev–Trinajstić information content (AvgIpc) is 2.84. The van der Waals surface area contributed by atoms with Gasteiger partial charge in [-0.1, -0.05) is 32.6 Å². The zero-order chi connectivity index (χ0) is 14.5. The van der Waals surface area contributed by atoms with Gasteiger partial charge in [0, 0.05) is 19.1 Å². The van der Waals surface area contributed by atoms with Crippen LogP contribution in [0.1, 0.15) is 70.1 Å². The largest absolute Gasteiger partial charge is 0.338 e. The summed E-state index contributed by atoms with van der Waals surface area (Å²) in [5, 5.41) is 7.85. The summed E-state index contributed by atoms with van der Waals surface area (Å²) in [5.41, 5.74) is 0. The maximum absolute atomic E-state index is 5.63. The Hall–Kier alpha value is -1.10. The molecule has 1 N–H and O–H groups in total. The molecule has 2 aliphatic rings. The van der Waals surface area contributed by atoms with Crippen LogP contribution in [0.2, 0.25) is 0 Å². The first kappa shape index (κ1) is 14.8. The van der Waals surface area contributed by atoms with E-state index in [1.807, 2.05) is 0 Å². The van der Waals surface area contributed by atoms with Gasteiger partial charge in [0.1, 0.15) is 0 Å². The van der Waals surface area contributed by atoms with Crippen molar-refractivity contribution in [2.24, 2.45) is 0 Å². The Kier molecular flexibility index (Phi) is 5.12. The minimum Gasteiger partial charge on any atom is -0.338 e. The molecule has 1 aliphatic carbocycles. The predicted molar refractivity (Wildman–Crippen MR) is 83.7 cm³/mol. The minimum absolute atomic E-state index is 0.395. The summed E-state index contributed by atoms with van der Waals surface area (Å²) in [6.45, 7) is 5.32. The van der Waals surface area contributed by atoms with Crippen molar-refractivity contribution in [1.82, 2.24) is 15.5 Å². The lowest BCUT2D eigenvalue weighted by molar-refractivity contribution is 0.264. The van der Waals surface area contributed by atoms with Crippen LogP contribution in [0.4, 0.5) is 5.95 Å². The Morgan fingerprint density at radius 3 is 2.62 bits per heavy atom. The monoisotopic (exact) mass is 292 g/mol. The maximum atomic E-state index is 5.63. The first-order valence-corrected chi connectivity index (χ1v) is 8.70. The fourth-order valence-electron chi connectivity index (χ4n) is 3.71. The quantitative estimate of drug-likeness (QED) is 0.924. The molecule has 0 spiro atoms. The number of aromatic nitrogens is 2. The Morgan fingerprint density at radius 1 is 1.10 bits per heavy atom. The van der Waals surface area contributed by atoms with Crippen LogP contribution < -0.4 is 10.2 Å². The van der Waals surface area contributed by atoms with Crippen LogP contribution in [-0.4, -0.2) is 35.8 Å². The van der Waals surface area contributed by atoms with Crippen molar-refractivity contribution in [3.8, 4) is 0 Å². The number of nitrogens with zero attached hydrogens (tertiary/aromatic N) is 3.